The predicted octanol–water partition coefficient (Wildman–Crippen LogP) is 4.35. The number of rotatable bonds is 3. The summed E-state index contributed by atoms with van der Waals surface area (Å²) in [6.45, 7) is 4.25. The van der Waals surface area contributed by atoms with E-state index in [9.17, 15) is 0 Å². The minimum atomic E-state index is -0.0724. The molecule has 5 nitrogen and oxygen atoms in total. The summed E-state index contributed by atoms with van der Waals surface area (Å²) in [6.07, 6.45) is 1.95. The zero-order chi connectivity index (χ0) is 20.9. The molecule has 2 aromatic carbocycles. The number of benzene rings is 2. The molecule has 0 radical (unpaired) electrons. The Labute approximate surface area is 183 Å². The Morgan fingerprint density at radius 3 is 2.80 bits per heavy atom. The standard InChI is InChI=1S/C24H28N2O3S/c1-15-19(28-23(30)25-17-7-5-4-6-8-17)13-20-24(15)11-12-26(2)14-16-9-10-18(27-3)22(29-20)21(16)24/h4-10,15,19-20H,11-14H2,1-3H3,(H,25,30)/t15?,19-,20+,24-/m0/s1. The topological polar surface area (TPSA) is 43.0 Å². The van der Waals surface area contributed by atoms with Crippen LogP contribution in [0.4, 0.5) is 5.69 Å². The lowest BCUT2D eigenvalue weighted by Gasteiger charge is -2.34. The van der Waals surface area contributed by atoms with Gasteiger partial charge >= 0.3 is 0 Å². The fourth-order valence-corrected chi connectivity index (χ4v) is 5.92. The third kappa shape index (κ3) is 2.96. The van der Waals surface area contributed by atoms with Crippen LogP contribution >= 0.6 is 12.2 Å². The van der Waals surface area contributed by atoms with E-state index in [4.69, 9.17) is 26.4 Å². The average molecular weight is 425 g/mol. The molecule has 1 saturated carbocycles. The van der Waals surface area contributed by atoms with Crippen LogP contribution in [0.3, 0.4) is 0 Å². The second-order valence-corrected chi connectivity index (χ2v) is 9.10. The van der Waals surface area contributed by atoms with Gasteiger partial charge in [0.1, 0.15) is 12.2 Å². The van der Waals surface area contributed by atoms with E-state index in [1.54, 1.807) is 7.11 Å². The van der Waals surface area contributed by atoms with Crippen LogP contribution in [-0.4, -0.2) is 43.0 Å². The monoisotopic (exact) mass is 424 g/mol. The Hall–Kier alpha value is -2.31. The van der Waals surface area contributed by atoms with Gasteiger partial charge in [-0.1, -0.05) is 31.2 Å². The number of thiocarbonyl (C=S) groups is 1. The van der Waals surface area contributed by atoms with Crippen molar-refractivity contribution in [2.24, 2.45) is 5.92 Å². The van der Waals surface area contributed by atoms with Crippen molar-refractivity contribution in [3.63, 3.8) is 0 Å². The number of methoxy groups -OCH3 is 1. The van der Waals surface area contributed by atoms with Gasteiger partial charge in [0.25, 0.3) is 5.17 Å². The molecule has 158 valence electrons. The van der Waals surface area contributed by atoms with Gasteiger partial charge in [-0.3, -0.25) is 0 Å². The van der Waals surface area contributed by atoms with Gasteiger partial charge in [-0.15, -0.1) is 0 Å². The van der Waals surface area contributed by atoms with Crippen LogP contribution in [0, 0.1) is 5.92 Å². The molecular formula is C24H28N2O3S. The van der Waals surface area contributed by atoms with Crippen molar-refractivity contribution in [3.05, 3.63) is 53.6 Å². The summed E-state index contributed by atoms with van der Waals surface area (Å²) in [5, 5.41) is 3.63. The van der Waals surface area contributed by atoms with E-state index in [0.717, 1.165) is 43.1 Å². The van der Waals surface area contributed by atoms with Gasteiger partial charge in [-0.25, -0.2) is 0 Å². The molecule has 2 heterocycles. The molecule has 1 aliphatic carbocycles. The van der Waals surface area contributed by atoms with E-state index in [2.05, 4.69) is 30.3 Å². The van der Waals surface area contributed by atoms with E-state index in [-0.39, 0.29) is 23.5 Å². The van der Waals surface area contributed by atoms with Gasteiger partial charge in [-0.2, -0.15) is 0 Å². The summed E-state index contributed by atoms with van der Waals surface area (Å²) in [6, 6.07) is 14.2. The van der Waals surface area contributed by atoms with Gasteiger partial charge in [0, 0.05) is 35.5 Å². The molecule has 0 aromatic heterocycles. The molecular weight excluding hydrogens is 396 g/mol. The number of hydrogen-bond donors (Lipinski definition) is 1. The van der Waals surface area contributed by atoms with Gasteiger partial charge in [0.15, 0.2) is 11.5 Å². The number of ether oxygens (including phenoxy) is 3. The van der Waals surface area contributed by atoms with Crippen LogP contribution in [-0.2, 0) is 16.7 Å². The van der Waals surface area contributed by atoms with Gasteiger partial charge < -0.3 is 24.4 Å². The summed E-state index contributed by atoms with van der Waals surface area (Å²) >= 11 is 5.53. The number of anilines is 1. The Kier molecular flexibility index (Phi) is 4.86. The molecule has 1 unspecified atom stereocenters. The summed E-state index contributed by atoms with van der Waals surface area (Å²) in [5.74, 6) is 2.04. The van der Waals surface area contributed by atoms with Gasteiger partial charge in [-0.05, 0) is 56.0 Å². The number of para-hydroxylation sites is 1. The molecule has 5 rings (SSSR count). The van der Waals surface area contributed by atoms with Crippen LogP contribution in [0.1, 0.15) is 30.9 Å². The largest absolute Gasteiger partial charge is 0.493 e. The molecule has 3 aliphatic rings. The molecule has 4 atom stereocenters. The number of nitrogens with one attached hydrogen (secondary N) is 1. The highest BCUT2D eigenvalue weighted by Gasteiger charge is 2.62. The molecule has 1 spiro atoms. The Bertz CT molecular complexity index is 966. The zero-order valence-corrected chi connectivity index (χ0v) is 18.5. The van der Waals surface area contributed by atoms with E-state index in [1.165, 1.54) is 11.1 Å². The SMILES string of the molecule is COc1ccc2c3c1O[C@@H]1C[C@H](OC(=S)Nc4ccccc4)C(C)[C@]31CCN(C)C2. The summed E-state index contributed by atoms with van der Waals surface area (Å²) in [7, 11) is 3.91. The van der Waals surface area contributed by atoms with Crippen LogP contribution in [0.5, 0.6) is 11.5 Å². The van der Waals surface area contributed by atoms with E-state index < -0.39 is 0 Å². The van der Waals surface area contributed by atoms with Crippen molar-refractivity contribution in [1.29, 1.82) is 0 Å². The molecule has 30 heavy (non-hydrogen) atoms. The first-order chi connectivity index (χ1) is 14.5. The van der Waals surface area contributed by atoms with Crippen molar-refractivity contribution in [1.82, 2.24) is 4.90 Å². The quantitative estimate of drug-likeness (QED) is 0.739. The maximum atomic E-state index is 6.57. The zero-order valence-electron chi connectivity index (χ0n) is 17.7. The molecule has 2 aliphatic heterocycles. The summed E-state index contributed by atoms with van der Waals surface area (Å²) in [4.78, 5) is 2.40. The number of hydrogen-bond acceptors (Lipinski definition) is 5. The number of nitrogens with zero attached hydrogens (tertiary/aromatic N) is 1. The maximum absolute atomic E-state index is 6.57. The average Bonchev–Trinajstić information content (AvgIpc) is 3.12. The smallest absolute Gasteiger partial charge is 0.261 e. The fourth-order valence-electron chi connectivity index (χ4n) is 5.67. The summed E-state index contributed by atoms with van der Waals surface area (Å²) in [5.41, 5.74) is 3.54. The Balaban J connectivity index is 1.45. The normalized spacial score (nSPS) is 29.4. The Morgan fingerprint density at radius 1 is 1.23 bits per heavy atom. The van der Waals surface area contributed by atoms with Crippen molar-refractivity contribution in [2.45, 2.75) is 43.9 Å². The third-order valence-corrected chi connectivity index (χ3v) is 7.37. The first-order valence-electron chi connectivity index (χ1n) is 10.6. The molecule has 1 N–H and O–H groups in total. The molecule has 0 bridgehead atoms. The predicted molar refractivity (Wildman–Crippen MR) is 121 cm³/mol. The molecule has 1 fully saturated rings. The first kappa shape index (κ1) is 19.6. The lowest BCUT2D eigenvalue weighted by molar-refractivity contribution is 0.123. The van der Waals surface area contributed by atoms with Crippen molar-refractivity contribution >= 4 is 23.1 Å². The second kappa shape index (κ2) is 7.43. The minimum absolute atomic E-state index is 0.00863. The van der Waals surface area contributed by atoms with E-state index >= 15 is 0 Å². The molecule has 0 amide bonds. The molecule has 0 saturated heterocycles. The lowest BCUT2D eigenvalue weighted by atomic mass is 9.69. The summed E-state index contributed by atoms with van der Waals surface area (Å²) < 4.78 is 18.5. The van der Waals surface area contributed by atoms with Gasteiger partial charge in [0.2, 0.25) is 0 Å². The minimum Gasteiger partial charge on any atom is -0.493 e. The van der Waals surface area contributed by atoms with Crippen LogP contribution in [0.2, 0.25) is 0 Å². The lowest BCUT2D eigenvalue weighted by Crippen LogP contribution is -2.40. The van der Waals surface area contributed by atoms with Crippen molar-refractivity contribution < 1.29 is 14.2 Å². The van der Waals surface area contributed by atoms with Crippen molar-refractivity contribution in [2.75, 3.05) is 26.0 Å². The van der Waals surface area contributed by atoms with Crippen LogP contribution < -0.4 is 14.8 Å². The van der Waals surface area contributed by atoms with Gasteiger partial charge in [0.05, 0.1) is 7.11 Å². The van der Waals surface area contributed by atoms with Crippen LogP contribution in [0.15, 0.2) is 42.5 Å². The fraction of sp³-hybridized carbons (Fsp3) is 0.458. The van der Waals surface area contributed by atoms with E-state index in [0.29, 0.717) is 5.17 Å². The maximum Gasteiger partial charge on any atom is 0.261 e. The molecule has 6 heteroatoms. The van der Waals surface area contributed by atoms with E-state index in [1.807, 2.05) is 36.4 Å². The first-order valence-corrected chi connectivity index (χ1v) is 11.0. The highest BCUT2D eigenvalue weighted by molar-refractivity contribution is 7.80. The van der Waals surface area contributed by atoms with Crippen molar-refractivity contribution in [3.8, 4) is 11.5 Å². The van der Waals surface area contributed by atoms with Crippen LogP contribution in [0.25, 0.3) is 0 Å². The molecule has 2 aromatic rings. The second-order valence-electron chi connectivity index (χ2n) is 8.72. The highest BCUT2D eigenvalue weighted by atomic mass is 32.1. The highest BCUT2D eigenvalue weighted by Crippen LogP contribution is 2.61. The third-order valence-electron chi connectivity index (χ3n) is 7.17. The Morgan fingerprint density at radius 2 is 2.03 bits per heavy atom.